The topological polar surface area (TPSA) is 123 Å². The number of hydrogen-bond donors (Lipinski definition) is 1. The first-order valence-corrected chi connectivity index (χ1v) is 18.2. The van der Waals surface area contributed by atoms with Gasteiger partial charge in [0, 0.05) is 55.1 Å². The minimum atomic E-state index is -4.67. The van der Waals surface area contributed by atoms with E-state index >= 15 is 0 Å². The highest BCUT2D eigenvalue weighted by atomic mass is 32.2. The Morgan fingerprint density at radius 1 is 1.08 bits per heavy atom. The van der Waals surface area contributed by atoms with Crippen molar-refractivity contribution in [3.05, 3.63) is 82.6 Å². The van der Waals surface area contributed by atoms with E-state index in [4.69, 9.17) is 14.3 Å². The first-order valence-electron chi connectivity index (χ1n) is 16.8. The highest BCUT2D eigenvalue weighted by Gasteiger charge is 2.43. The maximum atomic E-state index is 12.1. The van der Waals surface area contributed by atoms with Crippen molar-refractivity contribution >= 4 is 27.9 Å². The molecule has 260 valence electrons. The van der Waals surface area contributed by atoms with E-state index in [9.17, 15) is 17.8 Å². The van der Waals surface area contributed by atoms with Crippen LogP contribution in [-0.4, -0.2) is 57.4 Å². The fourth-order valence-electron chi connectivity index (χ4n) is 6.64. The van der Waals surface area contributed by atoms with Crippen LogP contribution in [0.15, 0.2) is 69.6 Å². The van der Waals surface area contributed by atoms with Gasteiger partial charge in [0.25, 0.3) is 0 Å². The molecule has 48 heavy (non-hydrogen) atoms. The molecule has 1 aromatic carbocycles. The lowest BCUT2D eigenvalue weighted by Gasteiger charge is -2.30. The predicted octanol–water partition coefficient (Wildman–Crippen LogP) is 6.75. The van der Waals surface area contributed by atoms with Gasteiger partial charge in [-0.15, -0.1) is 0 Å². The highest BCUT2D eigenvalue weighted by Crippen LogP contribution is 2.51. The van der Waals surface area contributed by atoms with Crippen molar-refractivity contribution in [1.29, 1.82) is 0 Å². The SMILES string of the molecule is CC[N+](CC)=c1ccc2c(C(C)(C)C)cc(/C=C/C=C3/N(CCCCCC(=O)O)c4ccc(S(=O)(=O)[O-])cc4C3(C)CCOC)oc-2c1. The first kappa shape index (κ1) is 37.1. The molecule has 2 heterocycles. The number of nitrogens with zero attached hydrogens (tertiary/aromatic N) is 2. The minimum Gasteiger partial charge on any atom is -0.744 e. The third-order valence-corrected chi connectivity index (χ3v) is 10.1. The van der Waals surface area contributed by atoms with Crippen LogP contribution < -0.4 is 14.8 Å². The molecule has 1 aromatic rings. The molecular weight excluding hydrogens is 628 g/mol. The Bertz CT molecular complexity index is 1830. The molecule has 1 unspecified atom stereocenters. The average molecular weight is 679 g/mol. The summed E-state index contributed by atoms with van der Waals surface area (Å²) in [5.41, 5.74) is 3.97. The van der Waals surface area contributed by atoms with Crippen LogP contribution in [-0.2, 0) is 30.5 Å². The smallest absolute Gasteiger partial charge is 0.303 e. The number of methoxy groups -OCH3 is 1. The molecule has 0 radical (unpaired) electrons. The number of benzene rings is 2. The van der Waals surface area contributed by atoms with E-state index in [1.54, 1.807) is 13.2 Å². The lowest BCUT2D eigenvalue weighted by Crippen LogP contribution is -2.30. The Hall–Kier alpha value is -3.73. The fourth-order valence-corrected chi connectivity index (χ4v) is 7.13. The van der Waals surface area contributed by atoms with Crippen molar-refractivity contribution in [2.75, 3.05) is 38.3 Å². The Balaban J connectivity index is 1.84. The number of unbranched alkanes of at least 4 members (excludes halogenated alkanes) is 2. The molecule has 2 aliphatic heterocycles. The van der Waals surface area contributed by atoms with Gasteiger partial charge in [-0.05, 0) is 99.1 Å². The van der Waals surface area contributed by atoms with Crippen molar-refractivity contribution in [3.8, 4) is 11.3 Å². The normalized spacial score (nSPS) is 17.5. The van der Waals surface area contributed by atoms with E-state index < -0.39 is 21.5 Å². The van der Waals surface area contributed by atoms with Crippen LogP contribution in [0.1, 0.15) is 90.5 Å². The Kier molecular flexibility index (Phi) is 11.8. The van der Waals surface area contributed by atoms with Gasteiger partial charge >= 0.3 is 5.97 Å². The van der Waals surface area contributed by atoms with Crippen LogP contribution >= 0.6 is 0 Å². The van der Waals surface area contributed by atoms with Crippen LogP contribution in [0.2, 0.25) is 0 Å². The number of carbonyl (C=O) groups is 1. The van der Waals surface area contributed by atoms with Gasteiger partial charge in [0.2, 0.25) is 5.36 Å². The van der Waals surface area contributed by atoms with Gasteiger partial charge in [-0.3, -0.25) is 4.79 Å². The summed E-state index contributed by atoms with van der Waals surface area (Å²) in [6.45, 7) is 15.7. The second-order valence-electron chi connectivity index (χ2n) is 13.6. The molecule has 0 spiro atoms. The van der Waals surface area contributed by atoms with E-state index in [-0.39, 0.29) is 16.7 Å². The summed E-state index contributed by atoms with van der Waals surface area (Å²) in [5, 5.41) is 10.2. The summed E-state index contributed by atoms with van der Waals surface area (Å²) in [4.78, 5) is 13.0. The van der Waals surface area contributed by atoms with Gasteiger partial charge in [0.1, 0.15) is 34.7 Å². The van der Waals surface area contributed by atoms with E-state index in [1.165, 1.54) is 17.7 Å². The summed E-state index contributed by atoms with van der Waals surface area (Å²) in [7, 11) is -3.04. The summed E-state index contributed by atoms with van der Waals surface area (Å²) in [5.74, 6) is 0.699. The van der Waals surface area contributed by atoms with E-state index in [1.807, 2.05) is 25.2 Å². The molecule has 1 aliphatic carbocycles. The van der Waals surface area contributed by atoms with Gasteiger partial charge in [-0.25, -0.2) is 13.0 Å². The van der Waals surface area contributed by atoms with Crippen LogP contribution in [0, 0.1) is 0 Å². The quantitative estimate of drug-likeness (QED) is 0.113. The number of aliphatic carboxylic acids is 1. The second-order valence-corrected chi connectivity index (χ2v) is 15.0. The van der Waals surface area contributed by atoms with Crippen molar-refractivity contribution in [3.63, 3.8) is 0 Å². The Morgan fingerprint density at radius 2 is 1.81 bits per heavy atom. The molecule has 0 bridgehead atoms. The monoisotopic (exact) mass is 678 g/mol. The molecule has 1 atom stereocenters. The summed E-state index contributed by atoms with van der Waals surface area (Å²) in [6.07, 6.45) is 8.63. The van der Waals surface area contributed by atoms with Crippen molar-refractivity contribution in [2.24, 2.45) is 0 Å². The minimum absolute atomic E-state index is 0.112. The molecule has 9 nitrogen and oxygen atoms in total. The number of rotatable bonds is 14. The van der Waals surface area contributed by atoms with Gasteiger partial charge in [-0.1, -0.05) is 33.3 Å². The molecule has 0 saturated heterocycles. The third-order valence-electron chi connectivity index (χ3n) is 9.30. The number of ether oxygens (including phenoxy) is 1. The van der Waals surface area contributed by atoms with E-state index in [2.05, 4.69) is 68.4 Å². The average Bonchev–Trinajstić information content (AvgIpc) is 3.25. The number of fused-ring (bicyclic) bond motifs is 2. The van der Waals surface area contributed by atoms with Crippen LogP contribution in [0.25, 0.3) is 17.4 Å². The first-order chi connectivity index (χ1) is 22.6. The summed E-state index contributed by atoms with van der Waals surface area (Å²) >= 11 is 0. The van der Waals surface area contributed by atoms with Crippen molar-refractivity contribution in [1.82, 2.24) is 4.58 Å². The van der Waals surface area contributed by atoms with Crippen LogP contribution in [0.4, 0.5) is 5.69 Å². The molecule has 3 aliphatic rings. The summed E-state index contributed by atoms with van der Waals surface area (Å²) in [6, 6.07) is 13.1. The standard InChI is InChI=1S/C38H50N2O7S/c1-8-39(9-2)27-17-19-30-31(37(3,4)5)25-28(47-34(30)24-27)14-13-15-35-38(6,21-23-46-7)32-26-29(48(43,44)45)18-20-33(32)40(35)22-12-10-11-16-36(41)42/h13-15,17-20,24-26H,8-12,16,21-23H2,1-7H3,(H-,41,42,43,44,45). The van der Waals surface area contributed by atoms with Crippen LogP contribution in [0.5, 0.6) is 0 Å². The lowest BCUT2D eigenvalue weighted by atomic mass is 9.78. The molecule has 4 rings (SSSR count). The van der Waals surface area contributed by atoms with E-state index in [0.29, 0.717) is 31.8 Å². The number of allylic oxidation sites excluding steroid dienone is 3. The van der Waals surface area contributed by atoms with Gasteiger partial charge < -0.3 is 23.7 Å². The molecule has 0 amide bonds. The Morgan fingerprint density at radius 3 is 2.44 bits per heavy atom. The van der Waals surface area contributed by atoms with E-state index in [0.717, 1.165) is 59.6 Å². The van der Waals surface area contributed by atoms with Crippen molar-refractivity contribution in [2.45, 2.75) is 89.4 Å². The molecule has 0 aromatic heterocycles. The maximum Gasteiger partial charge on any atom is 0.303 e. The Labute approximate surface area is 285 Å². The molecular formula is C38H50N2O7S. The number of hydrogen-bond acceptors (Lipinski definition) is 7. The molecule has 10 heteroatoms. The third kappa shape index (κ3) is 8.28. The highest BCUT2D eigenvalue weighted by molar-refractivity contribution is 7.85. The summed E-state index contributed by atoms with van der Waals surface area (Å²) < 4.78 is 50.4. The largest absolute Gasteiger partial charge is 0.744 e. The van der Waals surface area contributed by atoms with Crippen LogP contribution in [0.3, 0.4) is 0 Å². The lowest BCUT2D eigenvalue weighted by molar-refractivity contribution is -0.137. The number of carboxylic acids is 1. The van der Waals surface area contributed by atoms with Gasteiger partial charge in [0.15, 0.2) is 0 Å². The fraction of sp³-hybridized carbons (Fsp3) is 0.474. The molecule has 0 fully saturated rings. The predicted molar refractivity (Wildman–Crippen MR) is 189 cm³/mol. The number of anilines is 1. The zero-order valence-electron chi connectivity index (χ0n) is 29.3. The zero-order chi connectivity index (χ0) is 35.3. The molecule has 0 saturated carbocycles. The second kappa shape index (κ2) is 15.2. The molecule has 1 N–H and O–H groups in total. The maximum absolute atomic E-state index is 12.1. The van der Waals surface area contributed by atoms with Crippen molar-refractivity contribution < 1.29 is 32.0 Å². The zero-order valence-corrected chi connectivity index (χ0v) is 30.2. The van der Waals surface area contributed by atoms with Gasteiger partial charge in [0.05, 0.1) is 11.0 Å². The van der Waals surface area contributed by atoms with Gasteiger partial charge in [-0.2, -0.15) is 0 Å². The number of carboxylic acid groups (broad SMARTS) is 1.